The van der Waals surface area contributed by atoms with Gasteiger partial charge in [0.1, 0.15) is 10.7 Å². The Bertz CT molecular complexity index is 879. The Balaban J connectivity index is 1.79. The highest BCUT2D eigenvalue weighted by molar-refractivity contribution is 7.89. The zero-order chi connectivity index (χ0) is 18.6. The summed E-state index contributed by atoms with van der Waals surface area (Å²) in [4.78, 5) is 11.9. The fourth-order valence-electron chi connectivity index (χ4n) is 2.97. The van der Waals surface area contributed by atoms with Gasteiger partial charge in [-0.25, -0.2) is 12.8 Å². The Labute approximate surface area is 152 Å². The van der Waals surface area contributed by atoms with Crippen molar-refractivity contribution in [1.29, 1.82) is 0 Å². The van der Waals surface area contributed by atoms with Crippen molar-refractivity contribution in [3.63, 3.8) is 0 Å². The van der Waals surface area contributed by atoms with Crippen molar-refractivity contribution in [3.8, 4) is 0 Å². The van der Waals surface area contributed by atoms with Gasteiger partial charge in [-0.15, -0.1) is 0 Å². The number of carbonyl (C=O) groups excluding carboxylic acids is 1. The molecule has 3 rings (SSSR count). The molecule has 0 aliphatic carbocycles. The molecule has 1 N–H and O–H groups in total. The van der Waals surface area contributed by atoms with E-state index in [0.29, 0.717) is 19.6 Å². The second kappa shape index (κ2) is 7.97. The maximum absolute atomic E-state index is 14.2. The highest BCUT2D eigenvalue weighted by Crippen LogP contribution is 2.24. The van der Waals surface area contributed by atoms with Crippen molar-refractivity contribution in [2.45, 2.75) is 30.7 Å². The SMILES string of the molecule is O=C(NCc1ccccc1)c1ccc(F)c(S(=O)(=O)N2CCCCC2)c1. The number of carbonyl (C=O) groups is 1. The topological polar surface area (TPSA) is 66.5 Å². The first kappa shape index (κ1) is 18.5. The van der Waals surface area contributed by atoms with Crippen LogP contribution in [0.15, 0.2) is 53.4 Å². The summed E-state index contributed by atoms with van der Waals surface area (Å²) >= 11 is 0. The number of sulfonamides is 1. The van der Waals surface area contributed by atoms with Crippen molar-refractivity contribution in [3.05, 3.63) is 65.5 Å². The molecule has 0 spiro atoms. The third-order valence-corrected chi connectivity index (χ3v) is 6.34. The molecule has 2 aromatic carbocycles. The van der Waals surface area contributed by atoms with Crippen molar-refractivity contribution in [2.75, 3.05) is 13.1 Å². The van der Waals surface area contributed by atoms with Crippen molar-refractivity contribution in [2.24, 2.45) is 0 Å². The van der Waals surface area contributed by atoms with Crippen molar-refractivity contribution in [1.82, 2.24) is 9.62 Å². The number of nitrogens with zero attached hydrogens (tertiary/aromatic N) is 1. The molecule has 1 heterocycles. The van der Waals surface area contributed by atoms with Crippen LogP contribution in [0.25, 0.3) is 0 Å². The maximum atomic E-state index is 14.2. The van der Waals surface area contributed by atoms with E-state index < -0.39 is 26.6 Å². The van der Waals surface area contributed by atoms with Gasteiger partial charge in [0.25, 0.3) is 5.91 Å². The van der Waals surface area contributed by atoms with Crippen LogP contribution in [0, 0.1) is 5.82 Å². The van der Waals surface area contributed by atoms with E-state index in [9.17, 15) is 17.6 Å². The molecular weight excluding hydrogens is 355 g/mol. The predicted octanol–water partition coefficient (Wildman–Crippen LogP) is 2.93. The van der Waals surface area contributed by atoms with Crippen LogP contribution in [-0.2, 0) is 16.6 Å². The first-order chi connectivity index (χ1) is 12.5. The summed E-state index contributed by atoms with van der Waals surface area (Å²) in [5.74, 6) is -1.28. The van der Waals surface area contributed by atoms with Crippen molar-refractivity contribution >= 4 is 15.9 Å². The van der Waals surface area contributed by atoms with Gasteiger partial charge in [-0.3, -0.25) is 4.79 Å². The third kappa shape index (κ3) is 4.11. The smallest absolute Gasteiger partial charge is 0.251 e. The van der Waals surface area contributed by atoms with E-state index in [1.165, 1.54) is 10.4 Å². The summed E-state index contributed by atoms with van der Waals surface area (Å²) in [6, 6.07) is 12.8. The van der Waals surface area contributed by atoms with Gasteiger partial charge < -0.3 is 5.32 Å². The summed E-state index contributed by atoms with van der Waals surface area (Å²) in [6.07, 6.45) is 2.49. The number of amides is 1. The highest BCUT2D eigenvalue weighted by Gasteiger charge is 2.29. The molecule has 138 valence electrons. The van der Waals surface area contributed by atoms with Crippen LogP contribution in [0.3, 0.4) is 0 Å². The fraction of sp³-hybridized carbons (Fsp3) is 0.316. The van der Waals surface area contributed by atoms with E-state index in [0.717, 1.165) is 37.0 Å². The molecule has 0 unspecified atom stereocenters. The average Bonchev–Trinajstić information content (AvgIpc) is 2.68. The molecule has 2 aromatic rings. The van der Waals surface area contributed by atoms with E-state index >= 15 is 0 Å². The van der Waals surface area contributed by atoms with Gasteiger partial charge in [-0.1, -0.05) is 36.8 Å². The predicted molar refractivity (Wildman–Crippen MR) is 96.6 cm³/mol. The van der Waals surface area contributed by atoms with Crippen LogP contribution in [0.5, 0.6) is 0 Å². The van der Waals surface area contributed by atoms with Crippen LogP contribution < -0.4 is 5.32 Å². The molecule has 1 fully saturated rings. The summed E-state index contributed by atoms with van der Waals surface area (Å²) in [6.45, 7) is 1.07. The monoisotopic (exact) mass is 376 g/mol. The second-order valence-corrected chi connectivity index (χ2v) is 8.18. The van der Waals surface area contributed by atoms with Gasteiger partial charge in [0.2, 0.25) is 10.0 Å². The van der Waals surface area contributed by atoms with Crippen molar-refractivity contribution < 1.29 is 17.6 Å². The zero-order valence-electron chi connectivity index (χ0n) is 14.3. The first-order valence-corrected chi connectivity index (χ1v) is 10.0. The fourth-order valence-corrected chi connectivity index (χ4v) is 4.57. The molecule has 5 nitrogen and oxygen atoms in total. The van der Waals surface area contributed by atoms with Crippen LogP contribution in [0.4, 0.5) is 4.39 Å². The largest absolute Gasteiger partial charge is 0.348 e. The molecule has 0 aromatic heterocycles. The Hall–Kier alpha value is -2.25. The minimum absolute atomic E-state index is 0.123. The second-order valence-electron chi connectivity index (χ2n) is 6.28. The Morgan fingerprint density at radius 3 is 2.42 bits per heavy atom. The third-order valence-electron chi connectivity index (χ3n) is 4.42. The van der Waals surface area contributed by atoms with Gasteiger partial charge in [-0.2, -0.15) is 4.31 Å². The van der Waals surface area contributed by atoms with E-state index in [2.05, 4.69) is 5.32 Å². The molecule has 26 heavy (non-hydrogen) atoms. The lowest BCUT2D eigenvalue weighted by Gasteiger charge is -2.26. The first-order valence-electron chi connectivity index (χ1n) is 8.60. The summed E-state index contributed by atoms with van der Waals surface area (Å²) in [5.41, 5.74) is 1.04. The summed E-state index contributed by atoms with van der Waals surface area (Å²) < 4.78 is 40.9. The van der Waals surface area contributed by atoms with E-state index in [4.69, 9.17) is 0 Å². The Morgan fingerprint density at radius 1 is 1.04 bits per heavy atom. The van der Waals surface area contributed by atoms with Crippen LogP contribution in [0.1, 0.15) is 35.2 Å². The van der Waals surface area contributed by atoms with E-state index in [1.807, 2.05) is 30.3 Å². The lowest BCUT2D eigenvalue weighted by molar-refractivity contribution is 0.0950. The number of piperidine rings is 1. The normalized spacial score (nSPS) is 15.6. The molecule has 1 amide bonds. The quantitative estimate of drug-likeness (QED) is 0.873. The minimum atomic E-state index is -3.94. The number of nitrogens with one attached hydrogen (secondary N) is 1. The van der Waals surface area contributed by atoms with Crippen LogP contribution in [0.2, 0.25) is 0 Å². The van der Waals surface area contributed by atoms with Gasteiger partial charge >= 0.3 is 0 Å². The molecule has 7 heteroatoms. The van der Waals surface area contributed by atoms with E-state index in [-0.39, 0.29) is 5.56 Å². The number of halogens is 1. The minimum Gasteiger partial charge on any atom is -0.348 e. The number of benzene rings is 2. The Morgan fingerprint density at radius 2 is 1.73 bits per heavy atom. The van der Waals surface area contributed by atoms with Crippen LogP contribution >= 0.6 is 0 Å². The van der Waals surface area contributed by atoms with Gasteiger partial charge in [0.15, 0.2) is 0 Å². The zero-order valence-corrected chi connectivity index (χ0v) is 15.1. The average molecular weight is 376 g/mol. The van der Waals surface area contributed by atoms with Crippen LogP contribution in [-0.4, -0.2) is 31.7 Å². The summed E-state index contributed by atoms with van der Waals surface area (Å²) in [5, 5.41) is 2.72. The number of hydrogen-bond acceptors (Lipinski definition) is 3. The van der Waals surface area contributed by atoms with Gasteiger partial charge in [-0.05, 0) is 36.6 Å². The summed E-state index contributed by atoms with van der Waals surface area (Å²) in [7, 11) is -3.94. The van der Waals surface area contributed by atoms with Gasteiger partial charge in [0, 0.05) is 25.2 Å². The molecule has 0 atom stereocenters. The lowest BCUT2D eigenvalue weighted by Crippen LogP contribution is -2.36. The van der Waals surface area contributed by atoms with E-state index in [1.54, 1.807) is 0 Å². The molecule has 1 aliphatic heterocycles. The molecule has 1 saturated heterocycles. The molecule has 1 aliphatic rings. The lowest BCUT2D eigenvalue weighted by atomic mass is 10.2. The highest BCUT2D eigenvalue weighted by atomic mass is 32.2. The Kier molecular flexibility index (Phi) is 5.68. The molecular formula is C19H21FN2O3S. The molecule has 0 bridgehead atoms. The number of hydrogen-bond donors (Lipinski definition) is 1. The van der Waals surface area contributed by atoms with Gasteiger partial charge in [0.05, 0.1) is 0 Å². The molecule has 0 saturated carbocycles. The number of rotatable bonds is 5. The standard InChI is InChI=1S/C19H21FN2O3S/c20-17-10-9-16(19(23)21-14-15-7-3-1-4-8-15)13-18(17)26(24,25)22-11-5-2-6-12-22/h1,3-4,7-10,13H,2,5-6,11-12,14H2,(H,21,23). The maximum Gasteiger partial charge on any atom is 0.251 e. The molecule has 0 radical (unpaired) electrons.